The fourth-order valence-electron chi connectivity index (χ4n) is 2.79. The average molecular weight is 304 g/mol. The Labute approximate surface area is 128 Å². The number of benzene rings is 1. The first-order valence-corrected chi connectivity index (χ1v) is 8.17. The Morgan fingerprint density at radius 1 is 1.52 bits per heavy atom. The van der Waals surface area contributed by atoms with Gasteiger partial charge in [0.1, 0.15) is 0 Å². The van der Waals surface area contributed by atoms with E-state index in [0.717, 1.165) is 28.3 Å². The third-order valence-corrected chi connectivity index (χ3v) is 5.35. The van der Waals surface area contributed by atoms with Crippen molar-refractivity contribution in [3.8, 4) is 0 Å². The number of para-hydroxylation sites is 1. The molecule has 5 heteroatoms. The first kappa shape index (κ1) is 14.4. The predicted molar refractivity (Wildman–Crippen MR) is 84.7 cm³/mol. The number of hydrogen-bond donors (Lipinski definition) is 1. The van der Waals surface area contributed by atoms with Gasteiger partial charge in [-0.3, -0.25) is 4.79 Å². The zero-order chi connectivity index (χ0) is 15.2. The van der Waals surface area contributed by atoms with Crippen molar-refractivity contribution in [2.24, 2.45) is 11.3 Å². The molecule has 0 aliphatic heterocycles. The summed E-state index contributed by atoms with van der Waals surface area (Å²) in [6.45, 7) is 7.54. The van der Waals surface area contributed by atoms with E-state index in [-0.39, 0.29) is 5.75 Å². The fourth-order valence-corrected chi connectivity index (χ4v) is 3.52. The summed E-state index contributed by atoms with van der Waals surface area (Å²) in [6.07, 6.45) is 1.22. The van der Waals surface area contributed by atoms with Gasteiger partial charge in [0, 0.05) is 6.54 Å². The van der Waals surface area contributed by atoms with Crippen LogP contribution in [0.2, 0.25) is 0 Å². The standard InChI is InChI=1S/C16H20N2O2S/c1-10-5-4-6-12-14(10)17-15(21-9-13(19)20)18(12)8-11-7-16(11,2)3/h4-6,11H,7-9H2,1-3H3,(H,19,20). The Bertz CT molecular complexity index is 706. The minimum Gasteiger partial charge on any atom is -0.481 e. The van der Waals surface area contributed by atoms with Crippen LogP contribution < -0.4 is 0 Å². The number of nitrogens with zero attached hydrogens (tertiary/aromatic N) is 2. The maximum Gasteiger partial charge on any atom is 0.313 e. The predicted octanol–water partition coefficient (Wildman–Crippen LogP) is 3.57. The molecule has 1 aliphatic carbocycles. The van der Waals surface area contributed by atoms with Crippen LogP contribution in [-0.4, -0.2) is 26.4 Å². The third kappa shape index (κ3) is 2.79. The van der Waals surface area contributed by atoms with E-state index in [2.05, 4.69) is 29.5 Å². The van der Waals surface area contributed by atoms with Crippen molar-refractivity contribution in [3.63, 3.8) is 0 Å². The summed E-state index contributed by atoms with van der Waals surface area (Å²) in [5.74, 6) is -0.0992. The van der Waals surface area contributed by atoms with Gasteiger partial charge in [-0.25, -0.2) is 4.98 Å². The Hall–Kier alpha value is -1.49. The Morgan fingerprint density at radius 2 is 2.24 bits per heavy atom. The maximum atomic E-state index is 10.8. The van der Waals surface area contributed by atoms with Crippen LogP contribution in [0.25, 0.3) is 11.0 Å². The van der Waals surface area contributed by atoms with E-state index in [9.17, 15) is 4.79 Å². The molecule has 1 heterocycles. The fraction of sp³-hybridized carbons (Fsp3) is 0.500. The second-order valence-electron chi connectivity index (χ2n) is 6.52. The van der Waals surface area contributed by atoms with E-state index < -0.39 is 5.97 Å². The molecule has 1 fully saturated rings. The van der Waals surface area contributed by atoms with E-state index in [4.69, 9.17) is 5.11 Å². The van der Waals surface area contributed by atoms with Crippen molar-refractivity contribution < 1.29 is 9.90 Å². The van der Waals surface area contributed by atoms with Gasteiger partial charge in [-0.05, 0) is 36.3 Å². The molecule has 1 aromatic heterocycles. The van der Waals surface area contributed by atoms with Gasteiger partial charge in [0.25, 0.3) is 0 Å². The van der Waals surface area contributed by atoms with Gasteiger partial charge in [-0.15, -0.1) is 0 Å². The highest BCUT2D eigenvalue weighted by atomic mass is 32.2. The van der Waals surface area contributed by atoms with E-state index in [1.807, 2.05) is 19.1 Å². The van der Waals surface area contributed by atoms with Crippen LogP contribution in [0.1, 0.15) is 25.8 Å². The number of aryl methyl sites for hydroxylation is 1. The lowest BCUT2D eigenvalue weighted by molar-refractivity contribution is -0.133. The van der Waals surface area contributed by atoms with Gasteiger partial charge in [-0.1, -0.05) is 37.7 Å². The average Bonchev–Trinajstić information content (AvgIpc) is 2.84. The molecule has 112 valence electrons. The number of rotatable bonds is 5. The molecule has 1 aliphatic rings. The molecule has 0 amide bonds. The highest BCUT2D eigenvalue weighted by Gasteiger charge is 2.45. The molecular weight excluding hydrogens is 284 g/mol. The second-order valence-corrected chi connectivity index (χ2v) is 7.46. The summed E-state index contributed by atoms with van der Waals surface area (Å²) in [5.41, 5.74) is 3.64. The van der Waals surface area contributed by atoms with E-state index in [1.54, 1.807) is 0 Å². The lowest BCUT2D eigenvalue weighted by Crippen LogP contribution is -2.07. The number of carboxylic acids is 1. The largest absolute Gasteiger partial charge is 0.481 e. The van der Waals surface area contributed by atoms with Crippen LogP contribution in [-0.2, 0) is 11.3 Å². The SMILES string of the molecule is Cc1cccc2c1nc(SCC(=O)O)n2CC1CC1(C)C. The smallest absolute Gasteiger partial charge is 0.313 e. The topological polar surface area (TPSA) is 55.1 Å². The van der Waals surface area contributed by atoms with E-state index in [1.165, 1.54) is 18.2 Å². The van der Waals surface area contributed by atoms with Crippen molar-refractivity contribution in [1.29, 1.82) is 0 Å². The van der Waals surface area contributed by atoms with Crippen LogP contribution in [0.3, 0.4) is 0 Å². The summed E-state index contributed by atoms with van der Waals surface area (Å²) >= 11 is 1.31. The molecule has 1 N–H and O–H groups in total. The first-order chi connectivity index (χ1) is 9.88. The molecule has 1 aromatic carbocycles. The summed E-state index contributed by atoms with van der Waals surface area (Å²) in [4.78, 5) is 15.5. The maximum absolute atomic E-state index is 10.8. The van der Waals surface area contributed by atoms with Crippen molar-refractivity contribution in [3.05, 3.63) is 23.8 Å². The Morgan fingerprint density at radius 3 is 2.86 bits per heavy atom. The molecule has 3 rings (SSSR count). The molecule has 1 atom stereocenters. The molecule has 1 saturated carbocycles. The van der Waals surface area contributed by atoms with Crippen molar-refractivity contribution in [2.75, 3.05) is 5.75 Å². The number of aliphatic carboxylic acids is 1. The van der Waals surface area contributed by atoms with E-state index in [0.29, 0.717) is 11.3 Å². The van der Waals surface area contributed by atoms with E-state index >= 15 is 0 Å². The molecule has 1 unspecified atom stereocenters. The monoisotopic (exact) mass is 304 g/mol. The van der Waals surface area contributed by atoms with Gasteiger partial charge in [-0.2, -0.15) is 0 Å². The summed E-state index contributed by atoms with van der Waals surface area (Å²) < 4.78 is 2.20. The third-order valence-electron chi connectivity index (χ3n) is 4.39. The van der Waals surface area contributed by atoms with Crippen LogP contribution in [0.15, 0.2) is 23.4 Å². The zero-order valence-corrected chi connectivity index (χ0v) is 13.4. The van der Waals surface area contributed by atoms with Crippen molar-refractivity contribution >= 4 is 28.8 Å². The summed E-state index contributed by atoms with van der Waals surface area (Å²) in [7, 11) is 0. The van der Waals surface area contributed by atoms with Crippen LogP contribution in [0.4, 0.5) is 0 Å². The summed E-state index contributed by atoms with van der Waals surface area (Å²) in [6, 6.07) is 6.17. The normalized spacial score (nSPS) is 19.9. The highest BCUT2D eigenvalue weighted by Crippen LogP contribution is 2.53. The summed E-state index contributed by atoms with van der Waals surface area (Å²) in [5, 5.41) is 9.74. The number of imidazole rings is 1. The number of aromatic nitrogens is 2. The van der Waals surface area contributed by atoms with Crippen LogP contribution >= 0.6 is 11.8 Å². The Kier molecular flexibility index (Phi) is 3.48. The van der Waals surface area contributed by atoms with Crippen LogP contribution in [0.5, 0.6) is 0 Å². The number of fused-ring (bicyclic) bond motifs is 1. The quantitative estimate of drug-likeness (QED) is 0.858. The lowest BCUT2D eigenvalue weighted by atomic mass is 10.1. The number of carbonyl (C=O) groups is 1. The lowest BCUT2D eigenvalue weighted by Gasteiger charge is -2.09. The highest BCUT2D eigenvalue weighted by molar-refractivity contribution is 7.99. The van der Waals surface area contributed by atoms with Gasteiger partial charge in [0.05, 0.1) is 16.8 Å². The molecule has 2 aromatic rings. The second kappa shape index (κ2) is 5.05. The molecule has 4 nitrogen and oxygen atoms in total. The number of thioether (sulfide) groups is 1. The van der Waals surface area contributed by atoms with Gasteiger partial charge < -0.3 is 9.67 Å². The Balaban J connectivity index is 1.98. The minimum absolute atomic E-state index is 0.0520. The number of carboxylic acid groups (broad SMARTS) is 1. The van der Waals surface area contributed by atoms with Crippen molar-refractivity contribution in [2.45, 2.75) is 38.9 Å². The molecule has 0 radical (unpaired) electrons. The molecular formula is C16H20N2O2S. The molecule has 0 spiro atoms. The number of hydrogen-bond acceptors (Lipinski definition) is 3. The van der Waals surface area contributed by atoms with Gasteiger partial charge >= 0.3 is 5.97 Å². The molecule has 0 saturated heterocycles. The van der Waals surface area contributed by atoms with Gasteiger partial charge in [0.15, 0.2) is 5.16 Å². The van der Waals surface area contributed by atoms with Crippen LogP contribution in [0, 0.1) is 18.3 Å². The first-order valence-electron chi connectivity index (χ1n) is 7.19. The van der Waals surface area contributed by atoms with Gasteiger partial charge in [0.2, 0.25) is 0 Å². The zero-order valence-electron chi connectivity index (χ0n) is 12.6. The molecule has 0 bridgehead atoms. The van der Waals surface area contributed by atoms with Crippen molar-refractivity contribution in [1.82, 2.24) is 9.55 Å². The minimum atomic E-state index is -0.804. The molecule has 21 heavy (non-hydrogen) atoms.